The molecule has 3 heterocycles. The quantitative estimate of drug-likeness (QED) is 0.0219. The molecule has 0 saturated carbocycles. The molecule has 22 nitrogen and oxygen atoms in total. The number of ether oxygens (including phenoxy) is 2. The number of nitrogens with zero attached hydrogens (tertiary/aromatic N) is 5. The first-order valence-corrected chi connectivity index (χ1v) is 22.4. The fourth-order valence-electron chi connectivity index (χ4n) is 7.69. The minimum absolute atomic E-state index is 0.0428. The lowest BCUT2D eigenvalue weighted by molar-refractivity contribution is -0.149. The molecule has 3 saturated heterocycles. The molecule has 5 amide bonds. The summed E-state index contributed by atoms with van der Waals surface area (Å²) < 4.78 is 10.0. The van der Waals surface area contributed by atoms with Crippen molar-refractivity contribution < 1.29 is 63.1 Å². The molecular weight excluding hydrogens is 859 g/mol. The SMILES string of the molecule is CN1CCN(COC=O)CCN(CC(=O)O)C(Cc2ccc(NC(=O)CCC(=O)OCC(O)NC(=O)CN(C)C(=O)CCCCC3SCC4NC(=O)NC43)cc2)CN(CC(=O)O)CC1. The Morgan fingerprint density at radius 2 is 1.62 bits per heavy atom. The number of carboxylic acids is 2. The summed E-state index contributed by atoms with van der Waals surface area (Å²) in [5.41, 5.74) is 1.24. The highest BCUT2D eigenvalue weighted by atomic mass is 32.2. The number of aliphatic hydroxyl groups is 1. The van der Waals surface area contributed by atoms with Crippen molar-refractivity contribution in [2.24, 2.45) is 0 Å². The van der Waals surface area contributed by atoms with E-state index in [0.717, 1.165) is 24.2 Å². The maximum Gasteiger partial charge on any atom is 0.317 e. The highest BCUT2D eigenvalue weighted by molar-refractivity contribution is 8.00. The van der Waals surface area contributed by atoms with Crippen molar-refractivity contribution in [1.29, 1.82) is 0 Å². The number of nitrogens with one attached hydrogen (secondary N) is 4. The summed E-state index contributed by atoms with van der Waals surface area (Å²) in [5, 5.41) is 40.8. The van der Waals surface area contributed by atoms with Crippen molar-refractivity contribution in [3.05, 3.63) is 29.8 Å². The predicted molar refractivity (Wildman–Crippen MR) is 233 cm³/mol. The summed E-state index contributed by atoms with van der Waals surface area (Å²) in [4.78, 5) is 105. The Bertz CT molecular complexity index is 1740. The molecule has 1 aromatic rings. The van der Waals surface area contributed by atoms with Crippen molar-refractivity contribution >= 4 is 65.6 Å². The van der Waals surface area contributed by atoms with E-state index in [0.29, 0.717) is 69.5 Å². The molecule has 0 aromatic heterocycles. The summed E-state index contributed by atoms with van der Waals surface area (Å²) >= 11 is 1.80. The molecule has 0 radical (unpaired) electrons. The number of aliphatic carboxylic acids is 2. The summed E-state index contributed by atoms with van der Waals surface area (Å²) in [6.07, 6.45) is 0.794. The van der Waals surface area contributed by atoms with Crippen LogP contribution in [0.5, 0.6) is 0 Å². The lowest BCUT2D eigenvalue weighted by Gasteiger charge is -2.37. The van der Waals surface area contributed by atoms with Crippen LogP contribution in [0, 0.1) is 0 Å². The van der Waals surface area contributed by atoms with Crippen LogP contribution < -0.4 is 21.3 Å². The third-order valence-electron chi connectivity index (χ3n) is 11.2. The van der Waals surface area contributed by atoms with E-state index >= 15 is 0 Å². The normalized spacial score (nSPS) is 21.8. The molecule has 0 spiro atoms. The minimum Gasteiger partial charge on any atom is -0.480 e. The van der Waals surface area contributed by atoms with Crippen LogP contribution in [0.3, 0.4) is 0 Å². The largest absolute Gasteiger partial charge is 0.480 e. The van der Waals surface area contributed by atoms with Crippen LogP contribution >= 0.6 is 11.8 Å². The van der Waals surface area contributed by atoms with E-state index in [9.17, 15) is 53.7 Å². The van der Waals surface area contributed by atoms with Crippen LogP contribution in [-0.4, -0.2) is 216 Å². The number of unbranched alkanes of at least 4 members (excludes halogenated alkanes) is 1. The predicted octanol–water partition coefficient (Wildman–Crippen LogP) is -1.37. The van der Waals surface area contributed by atoms with Crippen LogP contribution in [0.15, 0.2) is 24.3 Å². The highest BCUT2D eigenvalue weighted by Gasteiger charge is 2.42. The third kappa shape index (κ3) is 18.6. The fourth-order valence-corrected chi connectivity index (χ4v) is 9.24. The number of thioether (sulfide) groups is 1. The number of carbonyl (C=O) groups excluding carboxylic acids is 6. The first-order chi connectivity index (χ1) is 30.6. The van der Waals surface area contributed by atoms with Crippen molar-refractivity contribution in [2.45, 2.75) is 74.5 Å². The van der Waals surface area contributed by atoms with Gasteiger partial charge >= 0.3 is 23.9 Å². The molecular formula is C41H63N9O13S. The van der Waals surface area contributed by atoms with Gasteiger partial charge in [0.25, 0.3) is 6.47 Å². The van der Waals surface area contributed by atoms with Gasteiger partial charge in [0.1, 0.15) is 13.3 Å². The zero-order valence-corrected chi connectivity index (χ0v) is 37.3. The third-order valence-corrected chi connectivity index (χ3v) is 12.7. The van der Waals surface area contributed by atoms with Gasteiger partial charge in [0.2, 0.25) is 17.7 Å². The second-order valence-corrected chi connectivity index (χ2v) is 17.6. The molecule has 1 aromatic carbocycles. The lowest BCUT2D eigenvalue weighted by Crippen LogP contribution is -2.52. The highest BCUT2D eigenvalue weighted by Crippen LogP contribution is 2.33. The lowest BCUT2D eigenvalue weighted by atomic mass is 10.0. The number of carboxylic acid groups (broad SMARTS) is 2. The second kappa shape index (κ2) is 26.7. The number of aliphatic hydroxyl groups excluding tert-OH is 1. The van der Waals surface area contributed by atoms with Gasteiger partial charge in [0.15, 0.2) is 6.23 Å². The van der Waals surface area contributed by atoms with Crippen LogP contribution in [-0.2, 0) is 49.5 Å². The van der Waals surface area contributed by atoms with E-state index < -0.39 is 48.6 Å². The van der Waals surface area contributed by atoms with Gasteiger partial charge in [-0.15, -0.1) is 0 Å². The van der Waals surface area contributed by atoms with Gasteiger partial charge < -0.3 is 55.9 Å². The zero-order chi connectivity index (χ0) is 46.6. The van der Waals surface area contributed by atoms with E-state index in [-0.39, 0.29) is 76.2 Å². The molecule has 4 rings (SSSR count). The van der Waals surface area contributed by atoms with Crippen LogP contribution in [0.2, 0.25) is 0 Å². The number of fused-ring (bicyclic) bond motifs is 1. The zero-order valence-electron chi connectivity index (χ0n) is 36.5. The molecule has 23 heteroatoms. The summed E-state index contributed by atoms with van der Waals surface area (Å²) in [6, 6.07) is 6.54. The topological polar surface area (TPSA) is 280 Å². The number of amides is 5. The number of benzene rings is 1. The maximum absolute atomic E-state index is 12.7. The Balaban J connectivity index is 1.18. The molecule has 64 heavy (non-hydrogen) atoms. The number of likely N-dealkylation sites (N-methyl/N-ethyl adjacent to an activating group) is 2. The Morgan fingerprint density at radius 3 is 2.33 bits per heavy atom. The molecule has 3 aliphatic rings. The van der Waals surface area contributed by atoms with E-state index in [4.69, 9.17) is 9.47 Å². The summed E-state index contributed by atoms with van der Waals surface area (Å²) in [7, 11) is 3.40. The Labute approximate surface area is 376 Å². The Morgan fingerprint density at radius 1 is 0.922 bits per heavy atom. The van der Waals surface area contributed by atoms with Gasteiger partial charge in [-0.05, 0) is 44.0 Å². The average molecular weight is 922 g/mol. The first-order valence-electron chi connectivity index (χ1n) is 21.4. The molecule has 7 N–H and O–H groups in total. The van der Waals surface area contributed by atoms with Gasteiger partial charge in [0, 0.05) is 88.4 Å². The smallest absolute Gasteiger partial charge is 0.317 e. The van der Waals surface area contributed by atoms with Gasteiger partial charge in [-0.1, -0.05) is 18.6 Å². The molecule has 5 atom stereocenters. The molecule has 3 aliphatic heterocycles. The fraction of sp³-hybridized carbons (Fsp3) is 0.659. The van der Waals surface area contributed by atoms with E-state index in [1.807, 2.05) is 11.9 Å². The Hall–Kier alpha value is -5.07. The van der Waals surface area contributed by atoms with Crippen molar-refractivity contribution in [3.8, 4) is 0 Å². The second-order valence-electron chi connectivity index (χ2n) is 16.3. The molecule has 0 bridgehead atoms. The number of carbonyl (C=O) groups is 8. The van der Waals surface area contributed by atoms with Crippen LogP contribution in [0.4, 0.5) is 10.5 Å². The van der Waals surface area contributed by atoms with Gasteiger partial charge in [-0.3, -0.25) is 48.3 Å². The van der Waals surface area contributed by atoms with Crippen LogP contribution in [0.1, 0.15) is 44.1 Å². The first kappa shape index (κ1) is 51.6. The Kier molecular flexibility index (Phi) is 21.5. The van der Waals surface area contributed by atoms with Gasteiger partial charge in [-0.2, -0.15) is 11.8 Å². The minimum atomic E-state index is -1.54. The number of rotatable bonds is 23. The number of urea groups is 1. The van der Waals surface area contributed by atoms with Crippen molar-refractivity contribution in [1.82, 2.24) is 40.4 Å². The molecule has 5 unspecified atom stereocenters. The van der Waals surface area contributed by atoms with Crippen molar-refractivity contribution in [3.63, 3.8) is 0 Å². The summed E-state index contributed by atoms with van der Waals surface area (Å²) in [5.74, 6) is -3.35. The number of esters is 1. The van der Waals surface area contributed by atoms with E-state index in [2.05, 4.69) is 26.2 Å². The van der Waals surface area contributed by atoms with Crippen LogP contribution in [0.25, 0.3) is 0 Å². The van der Waals surface area contributed by atoms with E-state index in [1.165, 1.54) is 11.9 Å². The monoisotopic (exact) mass is 921 g/mol. The summed E-state index contributed by atoms with van der Waals surface area (Å²) in [6.45, 7) is 2.12. The number of hydrogen-bond donors (Lipinski definition) is 7. The molecule has 356 valence electrons. The number of anilines is 1. The van der Waals surface area contributed by atoms with E-state index in [1.54, 1.807) is 45.8 Å². The molecule has 0 aliphatic carbocycles. The van der Waals surface area contributed by atoms with Gasteiger partial charge in [-0.25, -0.2) is 4.79 Å². The maximum atomic E-state index is 12.7. The van der Waals surface area contributed by atoms with Crippen molar-refractivity contribution in [2.75, 3.05) is 104 Å². The number of hydrogen-bond acceptors (Lipinski definition) is 16. The standard InChI is InChI=1S/C41H63N9O13S/c1-46-13-15-48(26-62-27-51)17-18-50(23-38(58)59)30(20-49(16-14-46)22-37(56)57)19-28-7-9-29(10-8-28)42-33(52)11-12-39(60)63-24-35(54)44-34(53)21-47(2)36(55)6-4-3-5-32-40-31(25-64-32)43-41(61)45-40/h7-10,27,30-32,35,40,54H,3-6,11-26H2,1-2H3,(H,42,52)(H,44,53)(H,56,57)(H,58,59)(H2,43,45,61). The molecule has 3 fully saturated rings. The van der Waals surface area contributed by atoms with Gasteiger partial charge in [0.05, 0.1) is 38.1 Å². The average Bonchev–Trinajstić information content (AvgIpc) is 3.80.